The molecule has 0 aliphatic carbocycles. The van der Waals surface area contributed by atoms with E-state index in [-0.39, 0.29) is 30.9 Å². The summed E-state index contributed by atoms with van der Waals surface area (Å²) >= 11 is 0. The maximum atomic E-state index is 13.3. The van der Waals surface area contributed by atoms with Gasteiger partial charge in [-0.2, -0.15) is 13.2 Å². The summed E-state index contributed by atoms with van der Waals surface area (Å²) in [6, 6.07) is 9.94. The minimum atomic E-state index is -4.53. The first-order chi connectivity index (χ1) is 16.1. The van der Waals surface area contributed by atoms with Crippen LogP contribution in [0.25, 0.3) is 0 Å². The summed E-state index contributed by atoms with van der Waals surface area (Å²) in [7, 11) is 0. The van der Waals surface area contributed by atoms with Gasteiger partial charge in [-0.1, -0.05) is 24.3 Å². The smallest absolute Gasteiger partial charge is 0.416 e. The summed E-state index contributed by atoms with van der Waals surface area (Å²) in [5.74, 6) is -2.84. The van der Waals surface area contributed by atoms with Gasteiger partial charge in [-0.3, -0.25) is 0 Å². The third kappa shape index (κ3) is 5.84. The largest absolute Gasteiger partial charge is 0.463 e. The second kappa shape index (κ2) is 10.5. The Labute approximate surface area is 194 Å². The third-order valence-electron chi connectivity index (χ3n) is 5.10. The van der Waals surface area contributed by atoms with Crippen LogP contribution in [0.4, 0.5) is 17.6 Å². The van der Waals surface area contributed by atoms with Crippen molar-refractivity contribution in [2.75, 3.05) is 13.2 Å². The molecule has 0 aromatic heterocycles. The number of carbonyl (C=O) groups excluding carboxylic acids is 2. The number of esters is 2. The van der Waals surface area contributed by atoms with Crippen molar-refractivity contribution in [1.82, 2.24) is 4.90 Å². The zero-order valence-corrected chi connectivity index (χ0v) is 18.6. The van der Waals surface area contributed by atoms with Crippen LogP contribution >= 0.6 is 0 Å². The molecule has 0 N–H and O–H groups in total. The minimum absolute atomic E-state index is 0.0618. The van der Waals surface area contributed by atoms with Crippen molar-refractivity contribution in [3.63, 3.8) is 0 Å². The van der Waals surface area contributed by atoms with Gasteiger partial charge in [0.2, 0.25) is 0 Å². The molecule has 34 heavy (non-hydrogen) atoms. The van der Waals surface area contributed by atoms with E-state index in [1.165, 1.54) is 36.7 Å². The first kappa shape index (κ1) is 25.0. The quantitative estimate of drug-likeness (QED) is 0.398. The molecular formula is C25H23F4NO4. The molecule has 1 heterocycles. The predicted molar refractivity (Wildman–Crippen MR) is 116 cm³/mol. The van der Waals surface area contributed by atoms with Crippen molar-refractivity contribution in [2.24, 2.45) is 0 Å². The summed E-state index contributed by atoms with van der Waals surface area (Å²) < 4.78 is 62.8. The molecule has 0 saturated carbocycles. The SMILES string of the molecule is CCOC(=O)C1=CN(Cc2ccc(F)cc2)C=C(C(=O)OCC)C1c1ccc(C(F)(F)F)cc1. The topological polar surface area (TPSA) is 55.8 Å². The fourth-order valence-corrected chi connectivity index (χ4v) is 3.60. The molecular weight excluding hydrogens is 454 g/mol. The molecule has 0 bridgehead atoms. The highest BCUT2D eigenvalue weighted by molar-refractivity contribution is 5.98. The van der Waals surface area contributed by atoms with Gasteiger partial charge in [0.15, 0.2) is 0 Å². The average Bonchev–Trinajstić information content (AvgIpc) is 2.80. The Morgan fingerprint density at radius 2 is 1.35 bits per heavy atom. The van der Waals surface area contributed by atoms with Gasteiger partial charge in [0.25, 0.3) is 0 Å². The molecule has 9 heteroatoms. The molecule has 0 fully saturated rings. The second-order valence-corrected chi connectivity index (χ2v) is 7.46. The van der Waals surface area contributed by atoms with E-state index >= 15 is 0 Å². The summed E-state index contributed by atoms with van der Waals surface area (Å²) in [5, 5.41) is 0. The van der Waals surface area contributed by atoms with Gasteiger partial charge < -0.3 is 14.4 Å². The van der Waals surface area contributed by atoms with Crippen LogP contribution in [0.5, 0.6) is 0 Å². The van der Waals surface area contributed by atoms with Gasteiger partial charge in [0.05, 0.1) is 35.8 Å². The Morgan fingerprint density at radius 1 is 0.853 bits per heavy atom. The Balaban J connectivity index is 2.07. The van der Waals surface area contributed by atoms with Gasteiger partial charge >= 0.3 is 18.1 Å². The van der Waals surface area contributed by atoms with E-state index in [1.54, 1.807) is 30.9 Å². The molecule has 3 rings (SSSR count). The Morgan fingerprint density at radius 3 is 1.79 bits per heavy atom. The Kier molecular flexibility index (Phi) is 7.75. The van der Waals surface area contributed by atoms with Crippen LogP contribution in [0.2, 0.25) is 0 Å². The number of rotatable bonds is 7. The lowest BCUT2D eigenvalue weighted by Crippen LogP contribution is -2.29. The second-order valence-electron chi connectivity index (χ2n) is 7.46. The van der Waals surface area contributed by atoms with E-state index in [4.69, 9.17) is 9.47 Å². The lowest BCUT2D eigenvalue weighted by Gasteiger charge is -2.30. The van der Waals surface area contributed by atoms with Gasteiger partial charge in [-0.05, 0) is 49.2 Å². The summed E-state index contributed by atoms with van der Waals surface area (Å²) in [5.41, 5.74) is 0.276. The van der Waals surface area contributed by atoms with Crippen molar-refractivity contribution >= 4 is 11.9 Å². The fraction of sp³-hybridized carbons (Fsp3) is 0.280. The zero-order valence-electron chi connectivity index (χ0n) is 18.6. The standard InChI is InChI=1S/C25H23F4NO4/c1-3-33-23(31)20-14-30(13-16-5-11-19(26)12-6-16)15-21(24(32)34-4-2)22(20)17-7-9-18(10-8-17)25(27,28)29/h5-12,14-15,22H,3-4,13H2,1-2H3. The number of ether oxygens (including phenoxy) is 2. The molecule has 1 aliphatic heterocycles. The van der Waals surface area contributed by atoms with Crippen LogP contribution in [0.1, 0.15) is 36.5 Å². The lowest BCUT2D eigenvalue weighted by atomic mass is 9.83. The lowest BCUT2D eigenvalue weighted by molar-refractivity contribution is -0.140. The van der Waals surface area contributed by atoms with Gasteiger partial charge in [-0.15, -0.1) is 0 Å². The molecule has 1 aliphatic rings. The summed E-state index contributed by atoms with van der Waals surface area (Å²) in [6.07, 6.45) is -1.57. The van der Waals surface area contributed by atoms with Crippen LogP contribution in [-0.2, 0) is 31.8 Å². The molecule has 2 aromatic carbocycles. The minimum Gasteiger partial charge on any atom is -0.463 e. The molecule has 5 nitrogen and oxygen atoms in total. The number of nitrogens with zero attached hydrogens (tertiary/aromatic N) is 1. The number of benzene rings is 2. The molecule has 0 radical (unpaired) electrons. The molecule has 0 atom stereocenters. The highest BCUT2D eigenvalue weighted by Crippen LogP contribution is 2.39. The van der Waals surface area contributed by atoms with E-state index in [0.29, 0.717) is 11.1 Å². The first-order valence-electron chi connectivity index (χ1n) is 10.6. The van der Waals surface area contributed by atoms with Crippen LogP contribution in [0.15, 0.2) is 72.1 Å². The van der Waals surface area contributed by atoms with E-state index in [9.17, 15) is 27.2 Å². The molecule has 0 unspecified atom stereocenters. The fourth-order valence-electron chi connectivity index (χ4n) is 3.60. The van der Waals surface area contributed by atoms with E-state index in [0.717, 1.165) is 12.1 Å². The third-order valence-corrected chi connectivity index (χ3v) is 5.10. The van der Waals surface area contributed by atoms with Crippen LogP contribution < -0.4 is 0 Å². The van der Waals surface area contributed by atoms with E-state index < -0.39 is 35.4 Å². The van der Waals surface area contributed by atoms with Crippen molar-refractivity contribution < 1.29 is 36.6 Å². The zero-order chi connectivity index (χ0) is 24.9. The van der Waals surface area contributed by atoms with E-state index in [1.807, 2.05) is 0 Å². The van der Waals surface area contributed by atoms with Crippen LogP contribution in [0, 0.1) is 5.82 Å². The predicted octanol–water partition coefficient (Wildman–Crippen LogP) is 5.34. The van der Waals surface area contributed by atoms with Crippen molar-refractivity contribution in [3.8, 4) is 0 Å². The van der Waals surface area contributed by atoms with Crippen molar-refractivity contribution in [3.05, 3.63) is 94.6 Å². The summed E-state index contributed by atoms with van der Waals surface area (Å²) in [4.78, 5) is 27.3. The highest BCUT2D eigenvalue weighted by Gasteiger charge is 2.36. The normalized spacial score (nSPS) is 14.4. The number of hydrogen-bond donors (Lipinski definition) is 0. The van der Waals surface area contributed by atoms with Gasteiger partial charge in [0, 0.05) is 18.9 Å². The van der Waals surface area contributed by atoms with E-state index in [2.05, 4.69) is 0 Å². The monoisotopic (exact) mass is 477 g/mol. The van der Waals surface area contributed by atoms with Gasteiger partial charge in [-0.25, -0.2) is 14.0 Å². The Hall–Kier alpha value is -3.62. The van der Waals surface area contributed by atoms with Crippen LogP contribution in [-0.4, -0.2) is 30.1 Å². The van der Waals surface area contributed by atoms with Crippen molar-refractivity contribution in [1.29, 1.82) is 0 Å². The number of hydrogen-bond acceptors (Lipinski definition) is 5. The first-order valence-corrected chi connectivity index (χ1v) is 10.6. The number of carbonyl (C=O) groups is 2. The molecule has 180 valence electrons. The Bertz CT molecular complexity index is 1050. The highest BCUT2D eigenvalue weighted by atomic mass is 19.4. The number of alkyl halides is 3. The maximum absolute atomic E-state index is 13.3. The van der Waals surface area contributed by atoms with Crippen LogP contribution in [0.3, 0.4) is 0 Å². The molecule has 2 aromatic rings. The molecule has 0 spiro atoms. The molecule has 0 saturated heterocycles. The van der Waals surface area contributed by atoms with Gasteiger partial charge in [0.1, 0.15) is 5.82 Å². The maximum Gasteiger partial charge on any atom is 0.416 e. The molecule has 0 amide bonds. The average molecular weight is 477 g/mol. The number of halogens is 4. The van der Waals surface area contributed by atoms with Crippen molar-refractivity contribution in [2.45, 2.75) is 32.5 Å². The summed E-state index contributed by atoms with van der Waals surface area (Å²) in [6.45, 7) is 3.56.